The lowest BCUT2D eigenvalue weighted by molar-refractivity contribution is -0.201. The van der Waals surface area contributed by atoms with Gasteiger partial charge in [-0.25, -0.2) is 0 Å². The molecule has 0 radical (unpaired) electrons. The summed E-state index contributed by atoms with van der Waals surface area (Å²) in [4.78, 5) is 4.08. The lowest BCUT2D eigenvalue weighted by Gasteiger charge is -2.41. The number of anilines is 1. The fourth-order valence-electron chi connectivity index (χ4n) is 3.19. The van der Waals surface area contributed by atoms with Gasteiger partial charge in [-0.05, 0) is 25.4 Å². The van der Waals surface area contributed by atoms with E-state index in [1.165, 1.54) is 0 Å². The van der Waals surface area contributed by atoms with Crippen molar-refractivity contribution in [2.45, 2.75) is 49.8 Å². The zero-order chi connectivity index (χ0) is 15.5. The van der Waals surface area contributed by atoms with Gasteiger partial charge in [-0.3, -0.25) is 0 Å². The van der Waals surface area contributed by atoms with E-state index < -0.39 is 23.8 Å². The quantitative estimate of drug-likeness (QED) is 0.819. The summed E-state index contributed by atoms with van der Waals surface area (Å²) < 4.78 is 27.5. The zero-order valence-electron chi connectivity index (χ0n) is 12.0. The first-order valence-corrected chi connectivity index (χ1v) is 8.09. The minimum Gasteiger partial charge on any atom is -0.393 e. The molecule has 8 nitrogen and oxygen atoms in total. The van der Waals surface area contributed by atoms with E-state index in [1.807, 2.05) is 13.8 Å². The van der Waals surface area contributed by atoms with E-state index in [-0.39, 0.29) is 30.6 Å². The van der Waals surface area contributed by atoms with E-state index in [1.54, 1.807) is 0 Å². The number of nitrogens with one attached hydrogen (secondary N) is 1. The maximum absolute atomic E-state index is 9.77. The van der Waals surface area contributed by atoms with Gasteiger partial charge < -0.3 is 29.4 Å². The number of halogens is 1. The van der Waals surface area contributed by atoms with E-state index in [2.05, 4.69) is 14.7 Å². The fraction of sp³-hybridized carbons (Fsp3) is 0.833. The molecule has 3 aliphatic heterocycles. The highest BCUT2D eigenvalue weighted by molar-refractivity contribution is 7.09. The molecule has 3 fully saturated rings. The van der Waals surface area contributed by atoms with Crippen molar-refractivity contribution in [3.05, 3.63) is 5.28 Å². The summed E-state index contributed by atoms with van der Waals surface area (Å²) in [5.74, 6) is -0.760. The highest BCUT2D eigenvalue weighted by Gasteiger charge is 2.65. The summed E-state index contributed by atoms with van der Waals surface area (Å²) in [7, 11) is 0. The number of fused-ring (bicyclic) bond motifs is 4. The van der Waals surface area contributed by atoms with Crippen LogP contribution in [-0.4, -0.2) is 63.6 Å². The molecule has 122 valence electrons. The van der Waals surface area contributed by atoms with Gasteiger partial charge in [-0.1, -0.05) is 0 Å². The average Bonchev–Trinajstić information content (AvgIpc) is 3.12. The third kappa shape index (κ3) is 2.23. The Kier molecular flexibility index (Phi) is 3.39. The largest absolute Gasteiger partial charge is 0.393 e. The lowest BCUT2D eigenvalue weighted by Crippen LogP contribution is -2.63. The van der Waals surface area contributed by atoms with Gasteiger partial charge in [0.1, 0.15) is 23.9 Å². The molecule has 5 atom stereocenters. The van der Waals surface area contributed by atoms with E-state index in [0.29, 0.717) is 5.13 Å². The molecule has 4 heterocycles. The van der Waals surface area contributed by atoms with Crippen LogP contribution in [0.5, 0.6) is 0 Å². The van der Waals surface area contributed by atoms with Crippen LogP contribution < -0.4 is 5.32 Å². The standard InChI is InChI=1S/C12H16ClN3O5S/c1-11(2)19-6-5(14-10-15-9(13)16-22-10)8-18-4-12(3-17,21-8)7(6)20-11/h5-8,17H,3-4H2,1-2H3,(H,14,15,16)/t5-,6-,7-,8+,12+/m1/s1. The zero-order valence-corrected chi connectivity index (χ0v) is 13.6. The number of nitrogens with zero attached hydrogens (tertiary/aromatic N) is 2. The van der Waals surface area contributed by atoms with Crippen LogP contribution in [0.1, 0.15) is 13.8 Å². The Labute approximate surface area is 135 Å². The van der Waals surface area contributed by atoms with Gasteiger partial charge in [0.2, 0.25) is 10.4 Å². The summed E-state index contributed by atoms with van der Waals surface area (Å²) in [5.41, 5.74) is -0.889. The minimum absolute atomic E-state index is 0.182. The summed E-state index contributed by atoms with van der Waals surface area (Å²) in [5, 5.41) is 13.7. The fourth-order valence-corrected chi connectivity index (χ4v) is 3.95. The van der Waals surface area contributed by atoms with Gasteiger partial charge >= 0.3 is 0 Å². The summed E-state index contributed by atoms with van der Waals surface area (Å²) in [6.45, 7) is 3.74. The van der Waals surface area contributed by atoms with Crippen LogP contribution in [0.15, 0.2) is 0 Å². The smallest absolute Gasteiger partial charge is 0.236 e. The summed E-state index contributed by atoms with van der Waals surface area (Å²) in [6.07, 6.45) is -1.34. The molecule has 0 aromatic carbocycles. The molecular formula is C12H16ClN3O5S. The molecule has 0 aliphatic carbocycles. The molecule has 2 N–H and O–H groups in total. The number of rotatable bonds is 3. The monoisotopic (exact) mass is 349 g/mol. The maximum atomic E-state index is 9.77. The van der Waals surface area contributed by atoms with Crippen LogP contribution in [0.25, 0.3) is 0 Å². The third-order valence-electron chi connectivity index (χ3n) is 4.10. The number of aromatic nitrogens is 2. The van der Waals surface area contributed by atoms with Crippen LogP contribution in [0.2, 0.25) is 5.28 Å². The predicted octanol–water partition coefficient (Wildman–Crippen LogP) is 0.610. The Morgan fingerprint density at radius 3 is 2.91 bits per heavy atom. The molecule has 0 spiro atoms. The van der Waals surface area contributed by atoms with E-state index in [4.69, 9.17) is 30.5 Å². The Morgan fingerprint density at radius 1 is 1.41 bits per heavy atom. The Balaban J connectivity index is 1.64. The molecule has 0 saturated carbocycles. The van der Waals surface area contributed by atoms with Gasteiger partial charge in [0, 0.05) is 11.5 Å². The van der Waals surface area contributed by atoms with Crippen LogP contribution in [0.3, 0.4) is 0 Å². The topological polar surface area (TPSA) is 95.0 Å². The van der Waals surface area contributed by atoms with Crippen molar-refractivity contribution in [3.8, 4) is 0 Å². The van der Waals surface area contributed by atoms with Gasteiger partial charge in [0.25, 0.3) is 0 Å². The van der Waals surface area contributed by atoms with Crippen LogP contribution in [-0.2, 0) is 18.9 Å². The number of hydrogen-bond acceptors (Lipinski definition) is 9. The van der Waals surface area contributed by atoms with Crippen LogP contribution in [0.4, 0.5) is 5.13 Å². The summed E-state index contributed by atoms with van der Waals surface area (Å²) >= 11 is 6.90. The van der Waals surface area contributed by atoms with E-state index >= 15 is 0 Å². The Morgan fingerprint density at radius 2 is 2.23 bits per heavy atom. The van der Waals surface area contributed by atoms with Crippen molar-refractivity contribution >= 4 is 28.3 Å². The van der Waals surface area contributed by atoms with Gasteiger partial charge in [0.05, 0.1) is 13.2 Å². The first kappa shape index (κ1) is 15.0. The lowest BCUT2D eigenvalue weighted by atomic mass is 9.88. The second kappa shape index (κ2) is 4.97. The highest BCUT2D eigenvalue weighted by atomic mass is 35.5. The SMILES string of the molecule is CC1(C)O[C@@H]2[C@@H](Nc3nc(Cl)ns3)[C@H]3OC[C@](CO)(O3)[C@@H]2O1. The number of ether oxygens (including phenoxy) is 4. The van der Waals surface area contributed by atoms with Crippen molar-refractivity contribution in [2.75, 3.05) is 18.5 Å². The van der Waals surface area contributed by atoms with Crippen LogP contribution >= 0.6 is 23.1 Å². The van der Waals surface area contributed by atoms with Crippen molar-refractivity contribution in [3.63, 3.8) is 0 Å². The molecule has 10 heteroatoms. The minimum atomic E-state index is -0.889. The molecule has 1 aromatic rings. The Hall–Kier alpha value is -0.550. The Bertz CT molecular complexity index is 587. The normalized spacial score (nSPS) is 42.4. The molecule has 3 aliphatic rings. The van der Waals surface area contributed by atoms with Crippen molar-refractivity contribution in [2.24, 2.45) is 0 Å². The predicted molar refractivity (Wildman–Crippen MR) is 76.8 cm³/mol. The number of hydrogen-bond donors (Lipinski definition) is 2. The molecule has 3 saturated heterocycles. The first-order valence-electron chi connectivity index (χ1n) is 6.94. The molecule has 2 bridgehead atoms. The number of aliphatic hydroxyl groups excluding tert-OH is 1. The second-order valence-electron chi connectivity index (χ2n) is 6.08. The van der Waals surface area contributed by atoms with Gasteiger partial charge in [0.15, 0.2) is 12.1 Å². The molecule has 4 rings (SSSR count). The van der Waals surface area contributed by atoms with Crippen molar-refractivity contribution in [1.82, 2.24) is 9.36 Å². The molecule has 0 amide bonds. The summed E-state index contributed by atoms with van der Waals surface area (Å²) in [6, 6.07) is -0.335. The molecular weight excluding hydrogens is 334 g/mol. The molecule has 1 aromatic heterocycles. The van der Waals surface area contributed by atoms with Crippen LogP contribution in [0, 0.1) is 0 Å². The first-order chi connectivity index (χ1) is 10.4. The third-order valence-corrected chi connectivity index (χ3v) is 5.01. The molecule has 22 heavy (non-hydrogen) atoms. The van der Waals surface area contributed by atoms with E-state index in [9.17, 15) is 5.11 Å². The number of aliphatic hydroxyl groups is 1. The average molecular weight is 350 g/mol. The van der Waals surface area contributed by atoms with Crippen molar-refractivity contribution in [1.29, 1.82) is 0 Å². The van der Waals surface area contributed by atoms with E-state index in [0.717, 1.165) is 11.5 Å². The van der Waals surface area contributed by atoms with Crippen molar-refractivity contribution < 1.29 is 24.1 Å². The molecule has 0 unspecified atom stereocenters. The van der Waals surface area contributed by atoms with Gasteiger partial charge in [-0.15, -0.1) is 0 Å². The maximum Gasteiger partial charge on any atom is 0.236 e. The second-order valence-corrected chi connectivity index (χ2v) is 7.17. The highest BCUT2D eigenvalue weighted by Crippen LogP contribution is 2.46. The van der Waals surface area contributed by atoms with Gasteiger partial charge in [-0.2, -0.15) is 9.36 Å².